The Balaban J connectivity index is 1.70. The first kappa shape index (κ1) is 16.5. The van der Waals surface area contributed by atoms with Gasteiger partial charge in [0, 0.05) is 20.0 Å². The number of nitrogens with one attached hydrogen (secondary N) is 1. The van der Waals surface area contributed by atoms with Gasteiger partial charge in [0.2, 0.25) is 5.91 Å². The lowest BCUT2D eigenvalue weighted by Crippen LogP contribution is -2.33. The Kier molecular flexibility index (Phi) is 4.57. The molecule has 0 saturated carbocycles. The summed E-state index contributed by atoms with van der Waals surface area (Å²) < 4.78 is 19.6. The minimum Gasteiger partial charge on any atom is -0.442 e. The molecule has 0 aromatic heterocycles. The second-order valence-electron chi connectivity index (χ2n) is 6.08. The molecule has 3 rings (SSSR count). The van der Waals surface area contributed by atoms with E-state index in [9.17, 15) is 19.1 Å². The number of nitrogens with zero attached hydrogens (tertiary/aromatic N) is 2. The maximum atomic E-state index is 14.4. The van der Waals surface area contributed by atoms with Gasteiger partial charge in [0.05, 0.1) is 30.6 Å². The molecule has 7 nitrogen and oxygen atoms in total. The largest absolute Gasteiger partial charge is 0.442 e. The number of cyclic esters (lactones) is 1. The molecular formula is C16H20FN3O4. The van der Waals surface area contributed by atoms with E-state index in [1.165, 1.54) is 17.9 Å². The highest BCUT2D eigenvalue weighted by Crippen LogP contribution is 2.29. The fourth-order valence-electron chi connectivity index (χ4n) is 2.98. The van der Waals surface area contributed by atoms with Crippen LogP contribution in [0, 0.1) is 5.82 Å². The Hall–Kier alpha value is -2.35. The highest BCUT2D eigenvalue weighted by atomic mass is 19.1. The van der Waals surface area contributed by atoms with Gasteiger partial charge < -0.3 is 20.1 Å². The van der Waals surface area contributed by atoms with E-state index in [0.29, 0.717) is 30.9 Å². The van der Waals surface area contributed by atoms with E-state index < -0.39 is 24.1 Å². The summed E-state index contributed by atoms with van der Waals surface area (Å²) in [6, 6.07) is 4.56. The van der Waals surface area contributed by atoms with Crippen LogP contribution in [0.3, 0.4) is 0 Å². The molecule has 8 heteroatoms. The Morgan fingerprint density at radius 2 is 2.25 bits per heavy atom. The molecule has 130 valence electrons. The molecule has 0 spiro atoms. The number of aliphatic hydroxyl groups excluding tert-OH is 1. The van der Waals surface area contributed by atoms with Crippen molar-refractivity contribution in [1.29, 1.82) is 0 Å². The summed E-state index contributed by atoms with van der Waals surface area (Å²) in [5, 5.41) is 12.2. The second-order valence-corrected chi connectivity index (χ2v) is 6.08. The van der Waals surface area contributed by atoms with E-state index in [1.807, 2.05) is 0 Å². The van der Waals surface area contributed by atoms with Gasteiger partial charge in [-0.1, -0.05) is 0 Å². The molecular weight excluding hydrogens is 317 g/mol. The van der Waals surface area contributed by atoms with Crippen LogP contribution >= 0.6 is 0 Å². The average Bonchev–Trinajstić information content (AvgIpc) is 3.11. The topological polar surface area (TPSA) is 82.1 Å². The number of anilines is 2. The third-order valence-electron chi connectivity index (χ3n) is 4.20. The van der Waals surface area contributed by atoms with Gasteiger partial charge in [0.15, 0.2) is 0 Å². The number of hydrogen-bond donors (Lipinski definition) is 2. The predicted octanol–water partition coefficient (Wildman–Crippen LogP) is 0.858. The van der Waals surface area contributed by atoms with Crippen LogP contribution in [-0.4, -0.2) is 55.5 Å². The number of ether oxygens (including phenoxy) is 1. The number of halogens is 1. The molecule has 24 heavy (non-hydrogen) atoms. The average molecular weight is 337 g/mol. The van der Waals surface area contributed by atoms with Crippen LogP contribution in [0.1, 0.15) is 13.3 Å². The Bertz CT molecular complexity index is 654. The molecule has 0 radical (unpaired) electrons. The number of β-amino-alcohol motifs (C(OH)–C–C–N with tert-alkyl or cyclic N) is 1. The zero-order valence-electron chi connectivity index (χ0n) is 13.4. The standard InChI is InChI=1S/C16H20FN3O4/c1-10(21)18-7-13-9-20(16(23)24-13)11-2-3-15(14(17)6-11)19-5-4-12(22)8-19/h2-3,6,12-13,22H,4-5,7-9H2,1H3,(H,18,21). The third kappa shape index (κ3) is 3.43. The van der Waals surface area contributed by atoms with Gasteiger partial charge in [0.1, 0.15) is 11.9 Å². The van der Waals surface area contributed by atoms with E-state index >= 15 is 0 Å². The summed E-state index contributed by atoms with van der Waals surface area (Å²) in [6.45, 7) is 2.87. The zero-order valence-corrected chi connectivity index (χ0v) is 13.4. The first-order valence-corrected chi connectivity index (χ1v) is 7.89. The van der Waals surface area contributed by atoms with Gasteiger partial charge in [-0.05, 0) is 24.6 Å². The van der Waals surface area contributed by atoms with Crippen molar-refractivity contribution in [1.82, 2.24) is 5.32 Å². The van der Waals surface area contributed by atoms with Crippen molar-refractivity contribution in [3.05, 3.63) is 24.0 Å². The summed E-state index contributed by atoms with van der Waals surface area (Å²) in [6.07, 6.45) is -0.844. The minimum atomic E-state index is -0.561. The molecule has 2 amide bonds. The van der Waals surface area contributed by atoms with E-state index in [4.69, 9.17) is 4.74 Å². The molecule has 2 unspecified atom stereocenters. The fourth-order valence-corrected chi connectivity index (χ4v) is 2.98. The molecule has 1 aromatic carbocycles. The molecule has 2 aliphatic rings. The van der Waals surface area contributed by atoms with Crippen molar-refractivity contribution in [2.75, 3.05) is 36.0 Å². The highest BCUT2D eigenvalue weighted by molar-refractivity contribution is 5.90. The number of rotatable bonds is 4. The van der Waals surface area contributed by atoms with Gasteiger partial charge in [-0.2, -0.15) is 0 Å². The summed E-state index contributed by atoms with van der Waals surface area (Å²) in [4.78, 5) is 26.0. The fraction of sp³-hybridized carbons (Fsp3) is 0.500. The van der Waals surface area contributed by atoms with Crippen molar-refractivity contribution in [3.63, 3.8) is 0 Å². The molecule has 1 aromatic rings. The minimum absolute atomic E-state index is 0.201. The van der Waals surface area contributed by atoms with Crippen LogP contribution in [0.4, 0.5) is 20.6 Å². The van der Waals surface area contributed by atoms with Crippen LogP contribution in [0.5, 0.6) is 0 Å². The Morgan fingerprint density at radius 3 is 2.88 bits per heavy atom. The molecule has 2 atom stereocenters. The molecule has 2 fully saturated rings. The van der Waals surface area contributed by atoms with Crippen LogP contribution in [-0.2, 0) is 9.53 Å². The van der Waals surface area contributed by atoms with Crippen molar-refractivity contribution in [2.45, 2.75) is 25.6 Å². The van der Waals surface area contributed by atoms with Gasteiger partial charge in [0.25, 0.3) is 0 Å². The summed E-state index contributed by atoms with van der Waals surface area (Å²) >= 11 is 0. The molecule has 2 saturated heterocycles. The SMILES string of the molecule is CC(=O)NCC1CN(c2ccc(N3CCC(O)C3)c(F)c2)C(=O)O1. The number of amides is 2. The molecule has 0 bridgehead atoms. The van der Waals surface area contributed by atoms with Gasteiger partial charge in [-0.25, -0.2) is 9.18 Å². The first-order valence-electron chi connectivity index (χ1n) is 7.89. The predicted molar refractivity (Wildman–Crippen MR) is 85.5 cm³/mol. The number of carbonyl (C=O) groups excluding carboxylic acids is 2. The molecule has 2 N–H and O–H groups in total. The van der Waals surface area contributed by atoms with Crippen molar-refractivity contribution in [3.8, 4) is 0 Å². The lowest BCUT2D eigenvalue weighted by Gasteiger charge is -2.20. The number of aliphatic hydroxyl groups is 1. The van der Waals surface area contributed by atoms with E-state index in [2.05, 4.69) is 5.32 Å². The second kappa shape index (κ2) is 6.64. The van der Waals surface area contributed by atoms with Crippen LogP contribution in [0.2, 0.25) is 0 Å². The van der Waals surface area contributed by atoms with Crippen LogP contribution < -0.4 is 15.1 Å². The summed E-state index contributed by atoms with van der Waals surface area (Å²) in [5.74, 6) is -0.646. The van der Waals surface area contributed by atoms with Gasteiger partial charge in [-0.3, -0.25) is 9.69 Å². The van der Waals surface area contributed by atoms with E-state index in [-0.39, 0.29) is 19.0 Å². The molecule has 2 heterocycles. The van der Waals surface area contributed by atoms with Gasteiger partial charge in [-0.15, -0.1) is 0 Å². The molecule has 0 aliphatic carbocycles. The zero-order chi connectivity index (χ0) is 17.3. The molecule has 2 aliphatic heterocycles. The summed E-state index contributed by atoms with van der Waals surface area (Å²) in [5.41, 5.74) is 0.823. The lowest BCUT2D eigenvalue weighted by atomic mass is 10.2. The number of carbonyl (C=O) groups is 2. The Labute approximate surface area is 139 Å². The van der Waals surface area contributed by atoms with Crippen molar-refractivity contribution < 1.29 is 23.8 Å². The van der Waals surface area contributed by atoms with E-state index in [0.717, 1.165) is 0 Å². The van der Waals surface area contributed by atoms with Crippen LogP contribution in [0.15, 0.2) is 18.2 Å². The first-order chi connectivity index (χ1) is 11.4. The quantitative estimate of drug-likeness (QED) is 0.851. The number of benzene rings is 1. The summed E-state index contributed by atoms with van der Waals surface area (Å²) in [7, 11) is 0. The van der Waals surface area contributed by atoms with Crippen molar-refractivity contribution >= 4 is 23.4 Å². The highest BCUT2D eigenvalue weighted by Gasteiger charge is 2.33. The maximum absolute atomic E-state index is 14.4. The maximum Gasteiger partial charge on any atom is 0.414 e. The van der Waals surface area contributed by atoms with Crippen LogP contribution in [0.25, 0.3) is 0 Å². The monoisotopic (exact) mass is 337 g/mol. The lowest BCUT2D eigenvalue weighted by molar-refractivity contribution is -0.119. The normalized spacial score (nSPS) is 23.5. The number of hydrogen-bond acceptors (Lipinski definition) is 5. The smallest absolute Gasteiger partial charge is 0.414 e. The van der Waals surface area contributed by atoms with Crippen molar-refractivity contribution in [2.24, 2.45) is 0 Å². The third-order valence-corrected chi connectivity index (χ3v) is 4.20. The van der Waals surface area contributed by atoms with Gasteiger partial charge >= 0.3 is 6.09 Å². The van der Waals surface area contributed by atoms with E-state index in [1.54, 1.807) is 17.0 Å². The Morgan fingerprint density at radius 1 is 1.46 bits per heavy atom.